The summed E-state index contributed by atoms with van der Waals surface area (Å²) in [7, 11) is 1.30. The predicted molar refractivity (Wildman–Crippen MR) is 104 cm³/mol. The first kappa shape index (κ1) is 19.6. The third-order valence-corrected chi connectivity index (χ3v) is 4.83. The molecule has 2 aromatic rings. The van der Waals surface area contributed by atoms with Crippen molar-refractivity contribution in [3.8, 4) is 0 Å². The van der Waals surface area contributed by atoms with Crippen LogP contribution in [-0.2, 0) is 4.74 Å². The van der Waals surface area contributed by atoms with E-state index in [0.717, 1.165) is 0 Å². The van der Waals surface area contributed by atoms with Crippen LogP contribution in [0.4, 0.5) is 11.4 Å². The first-order valence-corrected chi connectivity index (χ1v) is 8.95. The van der Waals surface area contributed by atoms with Crippen LogP contribution < -0.4 is 4.90 Å². The number of ether oxygens (including phenoxy) is 1. The Kier molecular flexibility index (Phi) is 5.79. The Balaban J connectivity index is 1.68. The van der Waals surface area contributed by atoms with Gasteiger partial charge in [0.25, 0.3) is 11.6 Å². The quantitative estimate of drug-likeness (QED) is 0.442. The number of amides is 1. The maximum Gasteiger partial charge on any atom is 0.337 e. The molecule has 0 unspecified atom stereocenters. The molecule has 0 spiro atoms. The SMILES string of the molecule is COC(=O)c1ccc(C(=O)N2CCN(c3ccc(Cl)cc3[N+](=O)[O-])CC2)cc1. The topological polar surface area (TPSA) is 93.0 Å². The number of nitro groups is 1. The fraction of sp³-hybridized carbons (Fsp3) is 0.263. The molecule has 146 valence electrons. The number of halogens is 1. The van der Waals surface area contributed by atoms with E-state index in [1.54, 1.807) is 41.3 Å². The number of carbonyl (C=O) groups excluding carboxylic acids is 2. The van der Waals surface area contributed by atoms with Gasteiger partial charge in [-0.3, -0.25) is 14.9 Å². The average Bonchev–Trinajstić information content (AvgIpc) is 2.73. The van der Waals surface area contributed by atoms with Crippen LogP contribution in [0.2, 0.25) is 5.02 Å². The van der Waals surface area contributed by atoms with Crippen molar-refractivity contribution in [3.63, 3.8) is 0 Å². The third kappa shape index (κ3) is 4.07. The lowest BCUT2D eigenvalue weighted by molar-refractivity contribution is -0.384. The zero-order chi connectivity index (χ0) is 20.3. The molecular weight excluding hydrogens is 386 g/mol. The van der Waals surface area contributed by atoms with Crippen LogP contribution in [0.1, 0.15) is 20.7 Å². The third-order valence-electron chi connectivity index (χ3n) is 4.59. The summed E-state index contributed by atoms with van der Waals surface area (Å²) in [6, 6.07) is 10.8. The number of nitrogens with zero attached hydrogens (tertiary/aromatic N) is 3. The second kappa shape index (κ2) is 8.26. The molecule has 1 amide bonds. The standard InChI is InChI=1S/C19H18ClN3O5/c1-28-19(25)14-4-2-13(3-5-14)18(24)22-10-8-21(9-11-22)16-7-6-15(20)12-17(16)23(26)27/h2-7,12H,8-11H2,1H3. The number of benzene rings is 2. The number of methoxy groups -OCH3 is 1. The second-order valence-corrected chi connectivity index (χ2v) is 6.67. The molecule has 2 aromatic carbocycles. The molecule has 1 aliphatic rings. The summed E-state index contributed by atoms with van der Waals surface area (Å²) in [6.45, 7) is 1.79. The van der Waals surface area contributed by atoms with Crippen molar-refractivity contribution in [2.75, 3.05) is 38.2 Å². The molecule has 0 atom stereocenters. The number of esters is 1. The first-order chi connectivity index (χ1) is 13.4. The summed E-state index contributed by atoms with van der Waals surface area (Å²) in [5, 5.41) is 11.6. The summed E-state index contributed by atoms with van der Waals surface area (Å²) >= 11 is 5.87. The highest BCUT2D eigenvalue weighted by Crippen LogP contribution is 2.31. The maximum absolute atomic E-state index is 12.7. The highest BCUT2D eigenvalue weighted by atomic mass is 35.5. The molecule has 1 saturated heterocycles. The van der Waals surface area contributed by atoms with Crippen molar-refractivity contribution in [3.05, 3.63) is 68.7 Å². The van der Waals surface area contributed by atoms with Crippen LogP contribution in [0.5, 0.6) is 0 Å². The fourth-order valence-corrected chi connectivity index (χ4v) is 3.28. The number of hydrogen-bond acceptors (Lipinski definition) is 6. The Hall–Kier alpha value is -3.13. The molecule has 9 heteroatoms. The van der Waals surface area contributed by atoms with Crippen molar-refractivity contribution in [1.29, 1.82) is 0 Å². The number of piperazine rings is 1. The van der Waals surface area contributed by atoms with Crippen LogP contribution in [0.15, 0.2) is 42.5 Å². The molecule has 1 fully saturated rings. The zero-order valence-electron chi connectivity index (χ0n) is 15.1. The van der Waals surface area contributed by atoms with Gasteiger partial charge in [-0.05, 0) is 36.4 Å². The highest BCUT2D eigenvalue weighted by molar-refractivity contribution is 6.30. The molecule has 28 heavy (non-hydrogen) atoms. The van der Waals surface area contributed by atoms with Gasteiger partial charge in [0.2, 0.25) is 0 Å². The van der Waals surface area contributed by atoms with Crippen LogP contribution in [0, 0.1) is 10.1 Å². The Morgan fingerprint density at radius 3 is 2.21 bits per heavy atom. The van der Waals surface area contributed by atoms with Crippen LogP contribution in [0.25, 0.3) is 0 Å². The lowest BCUT2D eigenvalue weighted by atomic mass is 10.1. The minimum Gasteiger partial charge on any atom is -0.465 e. The molecule has 3 rings (SSSR count). The molecule has 1 heterocycles. The van der Waals surface area contributed by atoms with E-state index in [1.807, 2.05) is 4.90 Å². The van der Waals surface area contributed by atoms with Gasteiger partial charge in [-0.2, -0.15) is 0 Å². The Morgan fingerprint density at radius 2 is 1.64 bits per heavy atom. The number of anilines is 1. The van der Waals surface area contributed by atoms with Gasteiger partial charge in [-0.15, -0.1) is 0 Å². The number of carbonyl (C=O) groups is 2. The summed E-state index contributed by atoms with van der Waals surface area (Å²) in [6.07, 6.45) is 0. The van der Waals surface area contributed by atoms with Crippen LogP contribution >= 0.6 is 11.6 Å². The average molecular weight is 404 g/mol. The molecule has 0 N–H and O–H groups in total. The van der Waals surface area contributed by atoms with Gasteiger partial charge in [-0.1, -0.05) is 11.6 Å². The summed E-state index contributed by atoms with van der Waals surface area (Å²) in [4.78, 5) is 38.6. The van der Waals surface area contributed by atoms with Crippen molar-refractivity contribution in [2.45, 2.75) is 0 Å². The van der Waals surface area contributed by atoms with E-state index in [2.05, 4.69) is 4.74 Å². The summed E-state index contributed by atoms with van der Waals surface area (Å²) < 4.78 is 4.64. The minimum atomic E-state index is -0.461. The Labute approximate surface area is 166 Å². The van der Waals surface area contributed by atoms with Crippen LogP contribution in [-0.4, -0.2) is 55.0 Å². The molecule has 1 aliphatic heterocycles. The predicted octanol–water partition coefficient (Wildman–Crippen LogP) is 3.00. The van der Waals surface area contributed by atoms with Gasteiger partial charge in [0.15, 0.2) is 0 Å². The second-order valence-electron chi connectivity index (χ2n) is 6.24. The van der Waals surface area contributed by atoms with E-state index in [1.165, 1.54) is 13.2 Å². The molecule has 0 bridgehead atoms. The van der Waals surface area contributed by atoms with Gasteiger partial charge in [0.1, 0.15) is 5.69 Å². The number of hydrogen-bond donors (Lipinski definition) is 0. The highest BCUT2D eigenvalue weighted by Gasteiger charge is 2.26. The molecular formula is C19H18ClN3O5. The van der Waals surface area contributed by atoms with Crippen molar-refractivity contribution >= 4 is 34.9 Å². The van der Waals surface area contributed by atoms with Crippen molar-refractivity contribution < 1.29 is 19.2 Å². The van der Waals surface area contributed by atoms with E-state index >= 15 is 0 Å². The van der Waals surface area contributed by atoms with Crippen molar-refractivity contribution in [2.24, 2.45) is 0 Å². The van der Waals surface area contributed by atoms with E-state index < -0.39 is 10.9 Å². The van der Waals surface area contributed by atoms with Gasteiger partial charge in [0.05, 0.1) is 17.6 Å². The maximum atomic E-state index is 12.7. The zero-order valence-corrected chi connectivity index (χ0v) is 15.9. The molecule has 0 saturated carbocycles. The molecule has 8 nitrogen and oxygen atoms in total. The molecule has 0 aliphatic carbocycles. The van der Waals surface area contributed by atoms with E-state index in [0.29, 0.717) is 48.0 Å². The summed E-state index contributed by atoms with van der Waals surface area (Å²) in [5.74, 6) is -0.612. The monoisotopic (exact) mass is 403 g/mol. The largest absolute Gasteiger partial charge is 0.465 e. The van der Waals surface area contributed by atoms with Gasteiger partial charge < -0.3 is 14.5 Å². The first-order valence-electron chi connectivity index (χ1n) is 8.57. The van der Waals surface area contributed by atoms with Gasteiger partial charge in [0, 0.05) is 42.8 Å². The van der Waals surface area contributed by atoms with E-state index in [-0.39, 0.29) is 11.6 Å². The minimum absolute atomic E-state index is 0.0503. The number of rotatable bonds is 4. The summed E-state index contributed by atoms with van der Waals surface area (Å²) in [5.41, 5.74) is 1.28. The van der Waals surface area contributed by atoms with Gasteiger partial charge in [-0.25, -0.2) is 4.79 Å². The lowest BCUT2D eigenvalue weighted by Gasteiger charge is -2.35. The smallest absolute Gasteiger partial charge is 0.337 e. The normalized spacial score (nSPS) is 13.9. The van der Waals surface area contributed by atoms with E-state index in [9.17, 15) is 19.7 Å². The Morgan fingerprint density at radius 1 is 1.04 bits per heavy atom. The van der Waals surface area contributed by atoms with Gasteiger partial charge >= 0.3 is 5.97 Å². The molecule has 0 radical (unpaired) electrons. The number of nitro benzene ring substituents is 1. The van der Waals surface area contributed by atoms with E-state index in [4.69, 9.17) is 11.6 Å². The molecule has 0 aromatic heterocycles. The Bertz CT molecular complexity index is 908. The van der Waals surface area contributed by atoms with Crippen LogP contribution in [0.3, 0.4) is 0 Å². The van der Waals surface area contributed by atoms with Crippen molar-refractivity contribution in [1.82, 2.24) is 4.90 Å². The lowest BCUT2D eigenvalue weighted by Crippen LogP contribution is -2.49. The fourth-order valence-electron chi connectivity index (χ4n) is 3.11.